The molecule has 0 radical (unpaired) electrons. The van der Waals surface area contributed by atoms with Gasteiger partial charge in [0.05, 0.1) is 18.1 Å². The Morgan fingerprint density at radius 3 is 2.79 bits per heavy atom. The number of fused-ring (bicyclic) bond motifs is 3. The van der Waals surface area contributed by atoms with Crippen molar-refractivity contribution in [1.29, 1.82) is 0 Å². The molecule has 4 rings (SSSR count). The lowest BCUT2D eigenvalue weighted by Gasteiger charge is -2.14. The van der Waals surface area contributed by atoms with E-state index in [9.17, 15) is 4.79 Å². The van der Waals surface area contributed by atoms with E-state index in [1.807, 2.05) is 32.0 Å². The molecule has 0 aliphatic heterocycles. The number of methoxy groups -OCH3 is 1. The lowest BCUT2D eigenvalue weighted by molar-refractivity contribution is 0.0953. The van der Waals surface area contributed by atoms with Gasteiger partial charge in [0, 0.05) is 23.1 Å². The standard InChI is InChI=1S/C23H29NO3S/c1-12(2)27-15-8-7-14(18(9-15)26-6)11-24-22(25)21-16-10-17-20(23(17,4)5)19(16)13(3)28-21/h7-9,12,17,20H,10-11H2,1-6H3,(H,24,25)/t17?,20-/m1/s1. The number of carbonyl (C=O) groups excluding carboxylic acids is 1. The highest BCUT2D eigenvalue weighted by Gasteiger charge is 2.63. The molecule has 1 fully saturated rings. The number of amides is 1. The van der Waals surface area contributed by atoms with Crippen molar-refractivity contribution in [3.63, 3.8) is 0 Å². The number of aryl methyl sites for hydroxylation is 1. The Kier molecular flexibility index (Phi) is 4.69. The van der Waals surface area contributed by atoms with Crippen LogP contribution in [0.5, 0.6) is 11.5 Å². The predicted molar refractivity (Wildman–Crippen MR) is 113 cm³/mol. The summed E-state index contributed by atoms with van der Waals surface area (Å²) in [6.07, 6.45) is 1.15. The maximum Gasteiger partial charge on any atom is 0.261 e. The Bertz CT molecular complexity index is 928. The molecular weight excluding hydrogens is 370 g/mol. The molecule has 1 unspecified atom stereocenters. The minimum absolute atomic E-state index is 0.0259. The van der Waals surface area contributed by atoms with E-state index < -0.39 is 0 Å². The van der Waals surface area contributed by atoms with Crippen LogP contribution in [0, 0.1) is 18.3 Å². The van der Waals surface area contributed by atoms with Gasteiger partial charge in [-0.1, -0.05) is 13.8 Å². The van der Waals surface area contributed by atoms with Gasteiger partial charge in [0.15, 0.2) is 0 Å². The van der Waals surface area contributed by atoms with Crippen LogP contribution in [0.4, 0.5) is 0 Å². The third kappa shape index (κ3) is 3.10. The van der Waals surface area contributed by atoms with Crippen LogP contribution in [-0.2, 0) is 13.0 Å². The number of ether oxygens (including phenoxy) is 2. The average Bonchev–Trinajstić information content (AvgIpc) is 2.96. The number of hydrogen-bond acceptors (Lipinski definition) is 4. The maximum absolute atomic E-state index is 12.9. The minimum Gasteiger partial charge on any atom is -0.496 e. The van der Waals surface area contributed by atoms with Crippen molar-refractivity contribution in [3.8, 4) is 11.5 Å². The van der Waals surface area contributed by atoms with Crippen molar-refractivity contribution in [2.45, 2.75) is 59.6 Å². The molecule has 1 N–H and O–H groups in total. The molecule has 0 bridgehead atoms. The van der Waals surface area contributed by atoms with Crippen molar-refractivity contribution in [2.75, 3.05) is 7.11 Å². The summed E-state index contributed by atoms with van der Waals surface area (Å²) < 4.78 is 11.2. The molecule has 1 saturated carbocycles. The van der Waals surface area contributed by atoms with E-state index in [2.05, 4.69) is 26.1 Å². The molecule has 1 aromatic carbocycles. The Labute approximate surface area is 171 Å². The lowest BCUT2D eigenvalue weighted by Crippen LogP contribution is -2.23. The molecule has 0 saturated heterocycles. The molecule has 2 aromatic rings. The van der Waals surface area contributed by atoms with Gasteiger partial charge < -0.3 is 14.8 Å². The van der Waals surface area contributed by atoms with Crippen molar-refractivity contribution in [3.05, 3.63) is 44.6 Å². The molecule has 2 aliphatic rings. The van der Waals surface area contributed by atoms with E-state index in [4.69, 9.17) is 9.47 Å². The highest BCUT2D eigenvalue weighted by Crippen LogP contribution is 2.71. The summed E-state index contributed by atoms with van der Waals surface area (Å²) in [4.78, 5) is 15.1. The van der Waals surface area contributed by atoms with Gasteiger partial charge in [0.1, 0.15) is 11.5 Å². The van der Waals surface area contributed by atoms with Crippen LogP contribution in [0.25, 0.3) is 0 Å². The van der Waals surface area contributed by atoms with Gasteiger partial charge in [-0.05, 0) is 67.7 Å². The largest absolute Gasteiger partial charge is 0.496 e. The van der Waals surface area contributed by atoms with Crippen LogP contribution in [-0.4, -0.2) is 19.1 Å². The normalized spacial score (nSPS) is 21.2. The average molecular weight is 400 g/mol. The molecule has 1 heterocycles. The zero-order valence-corrected chi connectivity index (χ0v) is 18.3. The highest BCUT2D eigenvalue weighted by atomic mass is 32.1. The van der Waals surface area contributed by atoms with Gasteiger partial charge in [-0.25, -0.2) is 0 Å². The molecule has 28 heavy (non-hydrogen) atoms. The molecular formula is C23H29NO3S. The molecule has 4 nitrogen and oxygen atoms in total. The first-order chi connectivity index (χ1) is 13.2. The number of rotatable bonds is 6. The summed E-state index contributed by atoms with van der Waals surface area (Å²) in [5.41, 5.74) is 4.10. The van der Waals surface area contributed by atoms with Crippen LogP contribution in [0.15, 0.2) is 18.2 Å². The smallest absolute Gasteiger partial charge is 0.261 e. The van der Waals surface area contributed by atoms with Gasteiger partial charge in [-0.2, -0.15) is 0 Å². The fourth-order valence-electron chi connectivity index (χ4n) is 4.79. The second-order valence-corrected chi connectivity index (χ2v) is 10.0. The number of carbonyl (C=O) groups is 1. The second kappa shape index (κ2) is 6.80. The SMILES string of the molecule is COc1cc(OC(C)C)ccc1CNC(=O)c1sc(C)c2c1CC1[C@H]2C1(C)C. The van der Waals surface area contributed by atoms with Crippen LogP contribution in [0.3, 0.4) is 0 Å². The molecule has 2 atom stereocenters. The number of nitrogens with one attached hydrogen (secondary N) is 1. The van der Waals surface area contributed by atoms with Gasteiger partial charge in [0.25, 0.3) is 5.91 Å². The molecule has 150 valence electrons. The van der Waals surface area contributed by atoms with E-state index in [1.54, 1.807) is 18.4 Å². The van der Waals surface area contributed by atoms with Crippen molar-refractivity contribution in [2.24, 2.45) is 11.3 Å². The summed E-state index contributed by atoms with van der Waals surface area (Å²) >= 11 is 1.65. The van der Waals surface area contributed by atoms with Crippen LogP contribution in [0.1, 0.15) is 64.9 Å². The van der Waals surface area contributed by atoms with Crippen molar-refractivity contribution >= 4 is 17.2 Å². The van der Waals surface area contributed by atoms with E-state index in [0.717, 1.165) is 28.4 Å². The molecule has 2 aliphatic carbocycles. The zero-order valence-electron chi connectivity index (χ0n) is 17.5. The van der Waals surface area contributed by atoms with E-state index in [-0.39, 0.29) is 12.0 Å². The first kappa shape index (κ1) is 19.3. The van der Waals surface area contributed by atoms with Crippen LogP contribution in [0.2, 0.25) is 0 Å². The fraction of sp³-hybridized carbons (Fsp3) is 0.522. The summed E-state index contributed by atoms with van der Waals surface area (Å²) in [6.45, 7) is 11.3. The number of thiophene rings is 1. The third-order valence-corrected chi connectivity index (χ3v) is 7.46. The van der Waals surface area contributed by atoms with Gasteiger partial charge in [-0.3, -0.25) is 4.79 Å². The summed E-state index contributed by atoms with van der Waals surface area (Å²) in [5.74, 6) is 2.89. The van der Waals surface area contributed by atoms with Gasteiger partial charge >= 0.3 is 0 Å². The van der Waals surface area contributed by atoms with Crippen LogP contribution >= 0.6 is 11.3 Å². The lowest BCUT2D eigenvalue weighted by atomic mass is 9.95. The molecule has 1 aromatic heterocycles. The monoisotopic (exact) mass is 399 g/mol. The minimum atomic E-state index is 0.0259. The maximum atomic E-state index is 12.9. The molecule has 0 spiro atoms. The van der Waals surface area contributed by atoms with Gasteiger partial charge in [0.2, 0.25) is 0 Å². The Hall–Kier alpha value is -2.01. The van der Waals surface area contributed by atoms with E-state index >= 15 is 0 Å². The first-order valence-electron chi connectivity index (χ1n) is 9.98. The fourth-order valence-corrected chi connectivity index (χ4v) is 5.94. The van der Waals surface area contributed by atoms with E-state index in [1.165, 1.54) is 16.0 Å². The topological polar surface area (TPSA) is 47.6 Å². The quantitative estimate of drug-likeness (QED) is 0.737. The van der Waals surface area contributed by atoms with Gasteiger partial charge in [-0.15, -0.1) is 11.3 Å². The zero-order chi connectivity index (χ0) is 20.2. The first-order valence-corrected chi connectivity index (χ1v) is 10.8. The molecule has 1 amide bonds. The summed E-state index contributed by atoms with van der Waals surface area (Å²) in [7, 11) is 1.64. The second-order valence-electron chi connectivity index (χ2n) is 8.81. The third-order valence-electron chi connectivity index (χ3n) is 6.30. The van der Waals surface area contributed by atoms with E-state index in [0.29, 0.717) is 23.8 Å². The summed E-state index contributed by atoms with van der Waals surface area (Å²) in [5, 5.41) is 3.09. The van der Waals surface area contributed by atoms with Crippen molar-refractivity contribution < 1.29 is 14.3 Å². The predicted octanol–water partition coefficient (Wildman–Crippen LogP) is 5.08. The van der Waals surface area contributed by atoms with Crippen LogP contribution < -0.4 is 14.8 Å². The Morgan fingerprint density at radius 1 is 1.36 bits per heavy atom. The highest BCUT2D eigenvalue weighted by molar-refractivity contribution is 7.14. The Morgan fingerprint density at radius 2 is 2.11 bits per heavy atom. The molecule has 5 heteroatoms. The number of benzene rings is 1. The van der Waals surface area contributed by atoms with Crippen molar-refractivity contribution in [1.82, 2.24) is 5.32 Å². The Balaban J connectivity index is 1.48. The number of hydrogen-bond donors (Lipinski definition) is 1. The summed E-state index contributed by atoms with van der Waals surface area (Å²) in [6, 6.07) is 5.76.